The normalized spacial score (nSPS) is 20.3. The van der Waals surface area contributed by atoms with E-state index in [1.54, 1.807) is 16.5 Å². The summed E-state index contributed by atoms with van der Waals surface area (Å²) in [5, 5.41) is 7.51. The Hall–Kier alpha value is -3.69. The lowest BCUT2D eigenvalue weighted by Crippen LogP contribution is -2.50. The Morgan fingerprint density at radius 2 is 1.72 bits per heavy atom. The van der Waals surface area contributed by atoms with Gasteiger partial charge in [0.2, 0.25) is 5.91 Å². The van der Waals surface area contributed by atoms with Gasteiger partial charge in [-0.05, 0) is 70.1 Å². The molecule has 10 heteroatoms. The Balaban J connectivity index is 1.11. The molecule has 1 aromatic carbocycles. The van der Waals surface area contributed by atoms with Crippen LogP contribution in [0.1, 0.15) is 59.1 Å². The third-order valence-electron chi connectivity index (χ3n) is 9.02. The number of rotatable bonds is 4. The number of nitrogens with zero attached hydrogens (tertiary/aromatic N) is 6. The quantitative estimate of drug-likeness (QED) is 0.649. The zero-order valence-corrected chi connectivity index (χ0v) is 23.1. The first-order valence-corrected chi connectivity index (χ1v) is 14.1. The Labute approximate surface area is 229 Å². The zero-order chi connectivity index (χ0) is 27.3. The number of aromatic nitrogens is 2. The molecule has 0 unspecified atom stereocenters. The Kier molecular flexibility index (Phi) is 6.43. The minimum Gasteiger partial charge on any atom is -0.368 e. The van der Waals surface area contributed by atoms with Crippen molar-refractivity contribution in [2.24, 2.45) is 4.99 Å². The van der Waals surface area contributed by atoms with Crippen LogP contribution in [0.3, 0.4) is 0 Å². The van der Waals surface area contributed by atoms with Crippen molar-refractivity contribution in [1.29, 1.82) is 0 Å². The predicted octanol–water partition coefficient (Wildman–Crippen LogP) is 1.86. The number of amides is 3. The van der Waals surface area contributed by atoms with Crippen LogP contribution in [0.2, 0.25) is 0 Å². The van der Waals surface area contributed by atoms with Crippen LogP contribution in [-0.2, 0) is 29.0 Å². The van der Waals surface area contributed by atoms with E-state index in [0.29, 0.717) is 50.6 Å². The fourth-order valence-corrected chi connectivity index (χ4v) is 6.56. The van der Waals surface area contributed by atoms with Gasteiger partial charge < -0.3 is 20.0 Å². The highest BCUT2D eigenvalue weighted by atomic mass is 16.2. The third-order valence-corrected chi connectivity index (χ3v) is 9.02. The van der Waals surface area contributed by atoms with E-state index in [-0.39, 0.29) is 24.3 Å². The Bertz CT molecular complexity index is 1360. The number of nitrogens with one attached hydrogen (secondary N) is 1. The molecule has 6 rings (SSSR count). The summed E-state index contributed by atoms with van der Waals surface area (Å²) < 4.78 is 1.78. The maximum atomic E-state index is 13.5. The van der Waals surface area contributed by atoms with Gasteiger partial charge in [0.1, 0.15) is 17.9 Å². The van der Waals surface area contributed by atoms with Crippen molar-refractivity contribution in [2.45, 2.75) is 65.0 Å². The van der Waals surface area contributed by atoms with Crippen LogP contribution in [0, 0.1) is 13.8 Å². The second-order valence-electron chi connectivity index (χ2n) is 11.3. The summed E-state index contributed by atoms with van der Waals surface area (Å²) in [5.74, 6) is 0.529. The van der Waals surface area contributed by atoms with E-state index in [1.807, 2.05) is 4.90 Å². The van der Waals surface area contributed by atoms with Gasteiger partial charge in [-0.1, -0.05) is 12.1 Å². The SMILES string of the molecule is CC1=NC2(CCN(C(=O)c3nn(CC(=O)N4CCN(c5cccc(C)c5C)CC4)c4c3CCC4)CC2)C(=O)N1. The molecule has 3 amide bonds. The summed E-state index contributed by atoms with van der Waals surface area (Å²) in [4.78, 5) is 49.9. The van der Waals surface area contributed by atoms with Crippen molar-refractivity contribution < 1.29 is 14.4 Å². The van der Waals surface area contributed by atoms with Crippen molar-refractivity contribution in [3.8, 4) is 0 Å². The molecule has 1 spiro atoms. The molecule has 206 valence electrons. The van der Waals surface area contributed by atoms with E-state index in [0.717, 1.165) is 43.6 Å². The van der Waals surface area contributed by atoms with Crippen LogP contribution in [-0.4, -0.2) is 87.9 Å². The highest BCUT2D eigenvalue weighted by Crippen LogP contribution is 2.32. The summed E-state index contributed by atoms with van der Waals surface area (Å²) in [5.41, 5.74) is 5.55. The number of anilines is 1. The minimum atomic E-state index is -0.739. The number of piperidine rings is 1. The van der Waals surface area contributed by atoms with Crippen LogP contribution in [0.25, 0.3) is 0 Å². The summed E-state index contributed by atoms with van der Waals surface area (Å²) in [6, 6.07) is 6.38. The van der Waals surface area contributed by atoms with E-state index in [1.165, 1.54) is 16.8 Å². The van der Waals surface area contributed by atoms with E-state index < -0.39 is 5.54 Å². The van der Waals surface area contributed by atoms with Crippen LogP contribution < -0.4 is 10.2 Å². The monoisotopic (exact) mass is 531 g/mol. The molecular formula is C29H37N7O3. The maximum absolute atomic E-state index is 13.5. The van der Waals surface area contributed by atoms with Gasteiger partial charge in [-0.2, -0.15) is 5.10 Å². The summed E-state index contributed by atoms with van der Waals surface area (Å²) in [6.07, 6.45) is 3.63. The number of likely N-dealkylation sites (tertiary alicyclic amines) is 1. The highest BCUT2D eigenvalue weighted by Gasteiger charge is 2.46. The number of fused-ring (bicyclic) bond motifs is 1. The fourth-order valence-electron chi connectivity index (χ4n) is 6.56. The number of aryl methyl sites for hydroxylation is 1. The van der Waals surface area contributed by atoms with Gasteiger partial charge in [-0.3, -0.25) is 24.1 Å². The number of piperazine rings is 1. The smallest absolute Gasteiger partial charge is 0.274 e. The van der Waals surface area contributed by atoms with Crippen molar-refractivity contribution in [2.75, 3.05) is 44.2 Å². The number of carbonyl (C=O) groups excluding carboxylic acids is 3. The molecular weight excluding hydrogens is 494 g/mol. The maximum Gasteiger partial charge on any atom is 0.274 e. The number of carbonyl (C=O) groups is 3. The first-order chi connectivity index (χ1) is 18.8. The summed E-state index contributed by atoms with van der Waals surface area (Å²) >= 11 is 0. The van der Waals surface area contributed by atoms with E-state index >= 15 is 0 Å². The van der Waals surface area contributed by atoms with E-state index in [9.17, 15) is 14.4 Å². The number of hydrogen-bond acceptors (Lipinski definition) is 6. The van der Waals surface area contributed by atoms with Crippen molar-refractivity contribution in [3.63, 3.8) is 0 Å². The van der Waals surface area contributed by atoms with Gasteiger partial charge in [0.25, 0.3) is 11.8 Å². The highest BCUT2D eigenvalue weighted by molar-refractivity contribution is 6.07. The van der Waals surface area contributed by atoms with Gasteiger partial charge in [-0.15, -0.1) is 0 Å². The molecule has 1 N–H and O–H groups in total. The lowest BCUT2D eigenvalue weighted by atomic mass is 9.88. The van der Waals surface area contributed by atoms with Crippen LogP contribution in [0.5, 0.6) is 0 Å². The number of aliphatic imine (C=N–C) groups is 1. The number of hydrogen-bond donors (Lipinski definition) is 1. The van der Waals surface area contributed by atoms with Gasteiger partial charge in [0, 0.05) is 56.2 Å². The average Bonchev–Trinajstić information content (AvgIpc) is 3.61. The molecule has 4 heterocycles. The second kappa shape index (κ2) is 9.81. The molecule has 3 aliphatic heterocycles. The molecule has 1 aliphatic carbocycles. The second-order valence-corrected chi connectivity index (χ2v) is 11.3. The molecule has 2 aromatic rings. The van der Waals surface area contributed by atoms with Crippen molar-refractivity contribution >= 4 is 29.2 Å². The first-order valence-electron chi connectivity index (χ1n) is 14.1. The topological polar surface area (TPSA) is 103 Å². The standard InChI is InChI=1S/C29H37N7O3/c1-19-6-4-8-23(20(19)2)33-14-16-34(17-15-33)25(37)18-36-24-9-5-7-22(24)26(32-36)27(38)35-12-10-29(11-13-35)28(39)30-21(3)31-29/h4,6,8H,5,7,9-18H2,1-3H3,(H,30,31,39). The van der Waals surface area contributed by atoms with E-state index in [4.69, 9.17) is 5.10 Å². The van der Waals surface area contributed by atoms with Gasteiger partial charge >= 0.3 is 0 Å². The predicted molar refractivity (Wildman–Crippen MR) is 148 cm³/mol. The Morgan fingerprint density at radius 3 is 2.41 bits per heavy atom. The number of amidine groups is 1. The third kappa shape index (κ3) is 4.49. The Morgan fingerprint density at radius 1 is 0.974 bits per heavy atom. The molecule has 0 radical (unpaired) electrons. The van der Waals surface area contributed by atoms with Gasteiger partial charge in [-0.25, -0.2) is 0 Å². The van der Waals surface area contributed by atoms with Crippen molar-refractivity contribution in [1.82, 2.24) is 24.9 Å². The van der Waals surface area contributed by atoms with E-state index in [2.05, 4.69) is 47.3 Å². The molecule has 4 aliphatic rings. The molecule has 10 nitrogen and oxygen atoms in total. The summed E-state index contributed by atoms with van der Waals surface area (Å²) in [7, 11) is 0. The number of benzene rings is 1. The largest absolute Gasteiger partial charge is 0.368 e. The van der Waals surface area contributed by atoms with Crippen LogP contribution >= 0.6 is 0 Å². The zero-order valence-electron chi connectivity index (χ0n) is 23.1. The lowest BCUT2D eigenvalue weighted by molar-refractivity contribution is -0.132. The minimum absolute atomic E-state index is 0.0483. The summed E-state index contributed by atoms with van der Waals surface area (Å²) in [6.45, 7) is 10.1. The van der Waals surface area contributed by atoms with Gasteiger partial charge in [0.15, 0.2) is 5.69 Å². The van der Waals surface area contributed by atoms with Crippen LogP contribution in [0.4, 0.5) is 5.69 Å². The molecule has 0 atom stereocenters. The molecule has 2 saturated heterocycles. The molecule has 0 bridgehead atoms. The van der Waals surface area contributed by atoms with Crippen LogP contribution in [0.15, 0.2) is 23.2 Å². The molecule has 2 fully saturated rings. The molecule has 0 saturated carbocycles. The average molecular weight is 532 g/mol. The van der Waals surface area contributed by atoms with Crippen molar-refractivity contribution in [3.05, 3.63) is 46.3 Å². The fraction of sp³-hybridized carbons (Fsp3) is 0.552. The lowest BCUT2D eigenvalue weighted by Gasteiger charge is -2.37. The molecule has 1 aromatic heterocycles. The van der Waals surface area contributed by atoms with Gasteiger partial charge in [0.05, 0.1) is 0 Å². The first kappa shape index (κ1) is 25.6. The molecule has 39 heavy (non-hydrogen) atoms.